The van der Waals surface area contributed by atoms with Crippen LogP contribution in [-0.4, -0.2) is 29.2 Å². The number of aromatic nitrogens is 1. The summed E-state index contributed by atoms with van der Waals surface area (Å²) >= 11 is 1.17. The second-order valence-corrected chi connectivity index (χ2v) is 5.75. The molecule has 1 amide bonds. The van der Waals surface area contributed by atoms with Gasteiger partial charge >= 0.3 is 11.9 Å². The van der Waals surface area contributed by atoms with E-state index in [9.17, 15) is 14.0 Å². The Labute approximate surface area is 152 Å². The van der Waals surface area contributed by atoms with Crippen LogP contribution in [0.25, 0.3) is 10.4 Å². The first-order chi connectivity index (χ1) is 12.5. The Balaban J connectivity index is 2.12. The zero-order valence-electron chi connectivity index (χ0n) is 13.7. The quantitative estimate of drug-likeness (QED) is 0.183. The van der Waals surface area contributed by atoms with Gasteiger partial charge in [0, 0.05) is 6.20 Å². The zero-order chi connectivity index (χ0) is 18.9. The molecule has 10 heteroatoms. The molecule has 0 unspecified atom stereocenters. The average molecular weight is 375 g/mol. The highest BCUT2D eigenvalue weighted by atomic mass is 32.2. The van der Waals surface area contributed by atoms with Gasteiger partial charge in [0.1, 0.15) is 11.5 Å². The summed E-state index contributed by atoms with van der Waals surface area (Å²) in [6, 6.07) is 7.99. The number of halogens is 1. The third-order valence-electron chi connectivity index (χ3n) is 3.02. The van der Waals surface area contributed by atoms with Crippen molar-refractivity contribution in [1.82, 2.24) is 4.98 Å². The van der Waals surface area contributed by atoms with Crippen LogP contribution in [0, 0.1) is 5.82 Å². The molecule has 0 saturated heterocycles. The lowest BCUT2D eigenvalue weighted by Crippen LogP contribution is -2.24. The molecule has 0 N–H and O–H groups in total. The van der Waals surface area contributed by atoms with Crippen molar-refractivity contribution in [3.63, 3.8) is 0 Å². The van der Waals surface area contributed by atoms with E-state index < -0.39 is 11.7 Å². The van der Waals surface area contributed by atoms with Crippen LogP contribution in [0.1, 0.15) is 17.3 Å². The maximum absolute atomic E-state index is 13.0. The lowest BCUT2D eigenvalue weighted by molar-refractivity contribution is -0.139. The van der Waals surface area contributed by atoms with Gasteiger partial charge in [-0.05, 0) is 48.5 Å². The number of esters is 1. The fourth-order valence-corrected chi connectivity index (χ4v) is 2.52. The Bertz CT molecular complexity index is 823. The summed E-state index contributed by atoms with van der Waals surface area (Å²) in [5, 5.41) is 4.69. The first kappa shape index (κ1) is 19.2. The number of ether oxygens (including phenoxy) is 1. The number of azide groups is 1. The predicted molar refractivity (Wildman–Crippen MR) is 93.9 cm³/mol. The van der Waals surface area contributed by atoms with Gasteiger partial charge in [-0.15, -0.1) is 10.5 Å². The third kappa shape index (κ3) is 5.20. The molecule has 0 aliphatic heterocycles. The second kappa shape index (κ2) is 9.40. The first-order valence-electron chi connectivity index (χ1n) is 7.44. The van der Waals surface area contributed by atoms with Gasteiger partial charge in [0.2, 0.25) is 0 Å². The summed E-state index contributed by atoms with van der Waals surface area (Å²) in [6.07, 6.45) is 1.30. The number of hydrogen-bond acceptors (Lipinski definition) is 6. The predicted octanol–water partition coefficient (Wildman–Crippen LogP) is 3.75. The van der Waals surface area contributed by atoms with Crippen molar-refractivity contribution >= 4 is 29.3 Å². The Morgan fingerprint density at radius 2 is 2.04 bits per heavy atom. The summed E-state index contributed by atoms with van der Waals surface area (Å²) in [5.41, 5.74) is 9.07. The molecular formula is C16H14FN5O3S. The molecule has 1 aromatic heterocycles. The van der Waals surface area contributed by atoms with E-state index in [2.05, 4.69) is 15.1 Å². The number of benzene rings is 1. The van der Waals surface area contributed by atoms with E-state index in [-0.39, 0.29) is 23.0 Å². The van der Waals surface area contributed by atoms with Crippen molar-refractivity contribution in [3.8, 4) is 0 Å². The maximum Gasteiger partial charge on any atom is 0.350 e. The smallest absolute Gasteiger partial charge is 0.350 e. The number of carbonyl (C=O) groups excluding carboxylic acids is 2. The van der Waals surface area contributed by atoms with Crippen molar-refractivity contribution in [3.05, 3.63) is 64.4 Å². The van der Waals surface area contributed by atoms with Crippen LogP contribution in [0.4, 0.5) is 10.1 Å². The molecule has 8 nitrogen and oxygen atoms in total. The number of carbonyl (C=O) groups is 2. The van der Waals surface area contributed by atoms with Gasteiger partial charge in [0.25, 0.3) is 0 Å². The van der Waals surface area contributed by atoms with Crippen LogP contribution in [0.5, 0.6) is 0 Å². The molecule has 0 aliphatic rings. The van der Waals surface area contributed by atoms with Crippen LogP contribution >= 0.6 is 11.8 Å². The average Bonchev–Trinajstić information content (AvgIpc) is 2.65. The molecule has 0 saturated carbocycles. The molecule has 0 spiro atoms. The maximum atomic E-state index is 13.0. The number of amides is 1. The van der Waals surface area contributed by atoms with E-state index in [1.807, 2.05) is 0 Å². The molecule has 26 heavy (non-hydrogen) atoms. The van der Waals surface area contributed by atoms with Crippen LogP contribution in [-0.2, 0) is 9.53 Å². The molecular weight excluding hydrogens is 361 g/mol. The fourth-order valence-electron chi connectivity index (χ4n) is 1.88. The molecule has 0 atom stereocenters. The number of anilines is 1. The molecule has 1 heterocycles. The van der Waals surface area contributed by atoms with Crippen LogP contribution in [0.3, 0.4) is 0 Å². The minimum absolute atomic E-state index is 0.106. The topological polar surface area (TPSA) is 108 Å². The Hall–Kier alpha value is -3.10. The summed E-state index contributed by atoms with van der Waals surface area (Å²) in [4.78, 5) is 30.6. The number of thioether (sulfide) groups is 1. The van der Waals surface area contributed by atoms with Crippen LogP contribution in [0.2, 0.25) is 0 Å². The van der Waals surface area contributed by atoms with Gasteiger partial charge in [-0.3, -0.25) is 4.79 Å². The molecule has 1 aromatic carbocycles. The lowest BCUT2D eigenvalue weighted by Gasteiger charge is -2.11. The van der Waals surface area contributed by atoms with E-state index in [0.29, 0.717) is 11.6 Å². The molecule has 0 bridgehead atoms. The van der Waals surface area contributed by atoms with Gasteiger partial charge < -0.3 is 4.74 Å². The Kier molecular flexibility index (Phi) is 6.95. The van der Waals surface area contributed by atoms with Crippen LogP contribution in [0.15, 0.2) is 52.8 Å². The van der Waals surface area contributed by atoms with E-state index >= 15 is 0 Å². The highest BCUT2D eigenvalue weighted by Crippen LogP contribution is 2.20. The van der Waals surface area contributed by atoms with Gasteiger partial charge in [-0.1, -0.05) is 11.8 Å². The number of rotatable bonds is 7. The van der Waals surface area contributed by atoms with Crippen molar-refractivity contribution in [2.45, 2.75) is 11.9 Å². The molecule has 0 fully saturated rings. The fraction of sp³-hybridized carbons (Fsp3) is 0.188. The minimum Gasteiger partial charge on any atom is -0.465 e. The normalized spacial score (nSPS) is 9.92. The van der Waals surface area contributed by atoms with E-state index in [4.69, 9.17) is 10.3 Å². The van der Waals surface area contributed by atoms with Gasteiger partial charge in [0.05, 0.1) is 22.9 Å². The summed E-state index contributed by atoms with van der Waals surface area (Å²) < 4.78 is 17.8. The number of pyridine rings is 1. The standard InChI is InChI=1S/C16H14FN5O3S/c1-2-25-15(23)10-26-14-8-3-11(9-19-14)16(24)22(21-20-18)13-6-4-12(17)5-7-13/h3-9H,2,10H2,1H3. The first-order valence-corrected chi connectivity index (χ1v) is 8.43. The van der Waals surface area contributed by atoms with E-state index in [1.54, 1.807) is 13.0 Å². The van der Waals surface area contributed by atoms with Crippen LogP contribution < -0.4 is 5.01 Å². The third-order valence-corrected chi connectivity index (χ3v) is 3.94. The van der Waals surface area contributed by atoms with Gasteiger partial charge in [-0.25, -0.2) is 14.2 Å². The summed E-state index contributed by atoms with van der Waals surface area (Å²) in [5.74, 6) is -1.35. The van der Waals surface area contributed by atoms with E-state index in [1.165, 1.54) is 36.2 Å². The summed E-state index contributed by atoms with van der Waals surface area (Å²) in [7, 11) is 0. The SMILES string of the molecule is CCOC(=O)CSc1ccc(C(=O)N(N=[N+]=[N-])c2ccc(F)cc2)cn1. The largest absolute Gasteiger partial charge is 0.465 e. The lowest BCUT2D eigenvalue weighted by atomic mass is 10.2. The van der Waals surface area contributed by atoms with E-state index in [0.717, 1.165) is 17.1 Å². The minimum atomic E-state index is -0.621. The molecule has 2 aromatic rings. The van der Waals surface area contributed by atoms with Gasteiger partial charge in [-0.2, -0.15) is 4.91 Å². The van der Waals surface area contributed by atoms with Crippen molar-refractivity contribution in [2.75, 3.05) is 17.4 Å². The number of nitrogens with zero attached hydrogens (tertiary/aromatic N) is 5. The van der Waals surface area contributed by atoms with Crippen molar-refractivity contribution in [1.29, 1.82) is 0 Å². The van der Waals surface area contributed by atoms with Crippen molar-refractivity contribution in [2.24, 2.45) is 5.22 Å². The Morgan fingerprint density at radius 1 is 1.31 bits per heavy atom. The number of hydrogen-bond donors (Lipinski definition) is 0. The summed E-state index contributed by atoms with van der Waals surface area (Å²) in [6.45, 7) is 2.02. The monoisotopic (exact) mass is 375 g/mol. The molecule has 2 rings (SSSR count). The van der Waals surface area contributed by atoms with Crippen molar-refractivity contribution < 1.29 is 18.7 Å². The molecule has 134 valence electrons. The molecule has 0 aliphatic carbocycles. The Morgan fingerprint density at radius 3 is 2.62 bits per heavy atom. The highest BCUT2D eigenvalue weighted by Gasteiger charge is 2.22. The van der Waals surface area contributed by atoms with Gasteiger partial charge in [0.15, 0.2) is 0 Å². The zero-order valence-corrected chi connectivity index (χ0v) is 14.5. The second-order valence-electron chi connectivity index (χ2n) is 4.75. The molecule has 0 radical (unpaired) electrons. The highest BCUT2D eigenvalue weighted by molar-refractivity contribution is 7.99.